The summed E-state index contributed by atoms with van der Waals surface area (Å²) in [6.07, 6.45) is 1.63. The van der Waals surface area contributed by atoms with E-state index < -0.39 is 16.3 Å². The SMILES string of the molecule is CC(C)[C@@H]1NCc2cc(C(=O)NCc3ccc(C(C)S(=O)[O-])cc3)cnc21. The zero-order chi connectivity index (χ0) is 19.6. The van der Waals surface area contributed by atoms with Crippen LogP contribution < -0.4 is 10.6 Å². The first-order valence-corrected chi connectivity index (χ1v) is 10.2. The molecule has 2 heterocycles. The summed E-state index contributed by atoms with van der Waals surface area (Å²) in [4.78, 5) is 16.9. The Kier molecular flexibility index (Phi) is 6.04. The number of carbonyl (C=O) groups is 1. The lowest BCUT2D eigenvalue weighted by molar-refractivity contribution is 0.0950. The van der Waals surface area contributed by atoms with Crippen LogP contribution in [-0.2, 0) is 24.2 Å². The summed E-state index contributed by atoms with van der Waals surface area (Å²) in [6.45, 7) is 7.04. The standard InChI is InChI=1S/C20H25N3O3S/c1-12(2)18-19-16(10-21-18)8-17(11-22-19)20(24)23-9-14-4-6-15(7-5-14)13(3)27(25)26/h4-8,11-13,18,21H,9-10H2,1-3H3,(H,23,24)(H,25,26)/p-1/t13?,18-/m0/s1. The van der Waals surface area contributed by atoms with Gasteiger partial charge in [0.25, 0.3) is 5.91 Å². The maximum atomic E-state index is 12.4. The molecule has 2 N–H and O–H groups in total. The molecule has 2 aromatic rings. The van der Waals surface area contributed by atoms with Gasteiger partial charge in [0.2, 0.25) is 0 Å². The van der Waals surface area contributed by atoms with Crippen molar-refractivity contribution in [2.75, 3.05) is 0 Å². The van der Waals surface area contributed by atoms with Crippen LogP contribution in [0.1, 0.15) is 64.8 Å². The van der Waals surface area contributed by atoms with Crippen molar-refractivity contribution >= 4 is 17.0 Å². The van der Waals surface area contributed by atoms with Crippen molar-refractivity contribution in [1.82, 2.24) is 15.6 Å². The average Bonchev–Trinajstić information content (AvgIpc) is 3.09. The predicted octanol–water partition coefficient (Wildman–Crippen LogP) is 2.75. The lowest BCUT2D eigenvalue weighted by Crippen LogP contribution is -2.23. The van der Waals surface area contributed by atoms with Crippen LogP contribution in [-0.4, -0.2) is 19.7 Å². The summed E-state index contributed by atoms with van der Waals surface area (Å²) in [5.74, 6) is 0.277. The van der Waals surface area contributed by atoms with Crippen LogP contribution in [0.2, 0.25) is 0 Å². The van der Waals surface area contributed by atoms with Crippen LogP contribution in [0.15, 0.2) is 36.5 Å². The molecule has 1 aromatic carbocycles. The van der Waals surface area contributed by atoms with Crippen molar-refractivity contribution in [1.29, 1.82) is 0 Å². The number of aromatic nitrogens is 1. The Morgan fingerprint density at radius 2 is 2.04 bits per heavy atom. The molecule has 27 heavy (non-hydrogen) atoms. The molecule has 144 valence electrons. The second-order valence-electron chi connectivity index (χ2n) is 7.20. The highest BCUT2D eigenvalue weighted by Gasteiger charge is 2.26. The van der Waals surface area contributed by atoms with Crippen molar-refractivity contribution in [3.63, 3.8) is 0 Å². The number of nitrogens with one attached hydrogen (secondary N) is 2. The van der Waals surface area contributed by atoms with Crippen molar-refractivity contribution < 1.29 is 13.6 Å². The van der Waals surface area contributed by atoms with E-state index in [0.717, 1.165) is 28.9 Å². The molecule has 1 aromatic heterocycles. The lowest BCUT2D eigenvalue weighted by atomic mass is 10.0. The second kappa shape index (κ2) is 8.29. The Bertz CT molecular complexity index is 852. The summed E-state index contributed by atoms with van der Waals surface area (Å²) >= 11 is -2.14. The minimum atomic E-state index is -2.14. The molecular weight excluding hydrogens is 362 g/mol. The van der Waals surface area contributed by atoms with Crippen LogP contribution in [0, 0.1) is 5.92 Å². The van der Waals surface area contributed by atoms with E-state index >= 15 is 0 Å². The largest absolute Gasteiger partial charge is 0.772 e. The van der Waals surface area contributed by atoms with E-state index in [1.54, 1.807) is 25.3 Å². The topological polar surface area (TPSA) is 94.2 Å². The molecule has 0 saturated carbocycles. The highest BCUT2D eigenvalue weighted by Crippen LogP contribution is 2.29. The minimum Gasteiger partial charge on any atom is -0.772 e. The summed E-state index contributed by atoms with van der Waals surface area (Å²) in [5, 5.41) is 5.77. The van der Waals surface area contributed by atoms with Gasteiger partial charge in [-0.25, -0.2) is 0 Å². The van der Waals surface area contributed by atoms with Gasteiger partial charge in [-0.3, -0.25) is 14.0 Å². The summed E-state index contributed by atoms with van der Waals surface area (Å²) in [6, 6.07) is 9.35. The fourth-order valence-electron chi connectivity index (χ4n) is 3.24. The monoisotopic (exact) mass is 386 g/mol. The Morgan fingerprint density at radius 1 is 1.33 bits per heavy atom. The van der Waals surface area contributed by atoms with Crippen LogP contribution in [0.4, 0.5) is 0 Å². The number of pyridine rings is 1. The maximum Gasteiger partial charge on any atom is 0.253 e. The third-order valence-corrected chi connectivity index (χ3v) is 5.78. The molecule has 0 fully saturated rings. The summed E-state index contributed by atoms with van der Waals surface area (Å²) in [5.41, 5.74) is 4.29. The number of hydrogen-bond donors (Lipinski definition) is 2. The molecule has 3 atom stereocenters. The molecule has 1 aliphatic rings. The maximum absolute atomic E-state index is 12.4. The molecule has 0 aliphatic carbocycles. The Morgan fingerprint density at radius 3 is 2.67 bits per heavy atom. The van der Waals surface area contributed by atoms with Gasteiger partial charge in [-0.15, -0.1) is 0 Å². The summed E-state index contributed by atoms with van der Waals surface area (Å²) < 4.78 is 22.1. The normalized spacial score (nSPS) is 18.2. The van der Waals surface area contributed by atoms with Crippen LogP contribution in [0.5, 0.6) is 0 Å². The van der Waals surface area contributed by atoms with Gasteiger partial charge in [-0.05, 0) is 46.7 Å². The number of hydrogen-bond acceptors (Lipinski definition) is 5. The molecular formula is C20H24N3O3S-. The third-order valence-electron chi connectivity index (χ3n) is 4.93. The van der Waals surface area contributed by atoms with Gasteiger partial charge in [0.1, 0.15) is 0 Å². The van der Waals surface area contributed by atoms with Crippen molar-refractivity contribution in [2.24, 2.45) is 5.92 Å². The summed E-state index contributed by atoms with van der Waals surface area (Å²) in [7, 11) is 0. The number of fused-ring (bicyclic) bond motifs is 1. The fourth-order valence-corrected chi connectivity index (χ4v) is 3.62. The van der Waals surface area contributed by atoms with Crippen LogP contribution in [0.25, 0.3) is 0 Å². The van der Waals surface area contributed by atoms with Crippen molar-refractivity contribution in [3.8, 4) is 0 Å². The molecule has 1 amide bonds. The number of rotatable bonds is 6. The van der Waals surface area contributed by atoms with Gasteiger partial charge in [0.05, 0.1) is 17.3 Å². The minimum absolute atomic E-state index is 0.170. The van der Waals surface area contributed by atoms with E-state index in [1.807, 2.05) is 18.2 Å². The van der Waals surface area contributed by atoms with Gasteiger partial charge in [0, 0.05) is 24.5 Å². The van der Waals surface area contributed by atoms with E-state index in [0.29, 0.717) is 18.0 Å². The van der Waals surface area contributed by atoms with E-state index in [1.165, 1.54) is 0 Å². The predicted molar refractivity (Wildman–Crippen MR) is 104 cm³/mol. The van der Waals surface area contributed by atoms with Gasteiger partial charge in [-0.1, -0.05) is 38.1 Å². The van der Waals surface area contributed by atoms with Gasteiger partial charge in [0.15, 0.2) is 0 Å². The van der Waals surface area contributed by atoms with Crippen molar-refractivity contribution in [2.45, 2.75) is 45.2 Å². The average molecular weight is 386 g/mol. The van der Waals surface area contributed by atoms with Gasteiger partial charge >= 0.3 is 0 Å². The molecule has 0 bridgehead atoms. The molecule has 6 nitrogen and oxygen atoms in total. The molecule has 0 spiro atoms. The molecule has 2 unspecified atom stereocenters. The first-order chi connectivity index (χ1) is 12.9. The second-order valence-corrected chi connectivity index (χ2v) is 8.43. The van der Waals surface area contributed by atoms with E-state index in [4.69, 9.17) is 0 Å². The molecule has 3 rings (SSSR count). The van der Waals surface area contributed by atoms with Crippen LogP contribution in [0.3, 0.4) is 0 Å². The number of carbonyl (C=O) groups excluding carboxylic acids is 1. The number of benzene rings is 1. The lowest BCUT2D eigenvalue weighted by Gasteiger charge is -2.15. The Balaban J connectivity index is 1.62. The Labute approximate surface area is 162 Å². The first kappa shape index (κ1) is 19.7. The zero-order valence-electron chi connectivity index (χ0n) is 15.7. The number of nitrogens with zero attached hydrogens (tertiary/aromatic N) is 1. The smallest absolute Gasteiger partial charge is 0.253 e. The fraction of sp³-hybridized carbons (Fsp3) is 0.400. The van der Waals surface area contributed by atoms with Gasteiger partial charge < -0.3 is 15.2 Å². The van der Waals surface area contributed by atoms with Crippen LogP contribution >= 0.6 is 0 Å². The highest BCUT2D eigenvalue weighted by atomic mass is 32.2. The van der Waals surface area contributed by atoms with Crippen molar-refractivity contribution in [3.05, 3.63) is 64.5 Å². The third kappa shape index (κ3) is 4.43. The van der Waals surface area contributed by atoms with E-state index in [-0.39, 0.29) is 11.9 Å². The molecule has 1 aliphatic heterocycles. The first-order valence-electron chi connectivity index (χ1n) is 9.04. The number of amides is 1. The van der Waals surface area contributed by atoms with E-state index in [9.17, 15) is 13.6 Å². The molecule has 0 saturated heterocycles. The Hall–Kier alpha value is -2.09. The molecule has 0 radical (unpaired) electrons. The quantitative estimate of drug-likeness (QED) is 0.745. The van der Waals surface area contributed by atoms with Gasteiger partial charge in [-0.2, -0.15) is 0 Å². The molecule has 7 heteroatoms. The van der Waals surface area contributed by atoms with E-state index in [2.05, 4.69) is 29.5 Å². The zero-order valence-corrected chi connectivity index (χ0v) is 16.5. The highest BCUT2D eigenvalue weighted by molar-refractivity contribution is 7.79.